The lowest BCUT2D eigenvalue weighted by Crippen LogP contribution is -2.44. The van der Waals surface area contributed by atoms with Crippen LogP contribution in [-0.4, -0.2) is 32.6 Å². The topological polar surface area (TPSA) is 71.8 Å². The van der Waals surface area contributed by atoms with Crippen LogP contribution >= 0.6 is 11.8 Å². The number of nitrogens with one attached hydrogen (secondary N) is 2. The van der Waals surface area contributed by atoms with E-state index in [4.69, 9.17) is 0 Å². The van der Waals surface area contributed by atoms with Crippen LogP contribution in [0, 0.1) is 0 Å². The Morgan fingerprint density at radius 2 is 1.82 bits per heavy atom. The van der Waals surface area contributed by atoms with Gasteiger partial charge < -0.3 is 10.7 Å². The molecule has 0 saturated carbocycles. The van der Waals surface area contributed by atoms with Crippen LogP contribution in [0.15, 0.2) is 65.8 Å². The van der Waals surface area contributed by atoms with Gasteiger partial charge in [0.2, 0.25) is 11.1 Å². The summed E-state index contributed by atoms with van der Waals surface area (Å²) in [5.41, 5.74) is 5.53. The molecule has 2 aromatic carbocycles. The maximum Gasteiger partial charge on any atom is 0.236 e. The van der Waals surface area contributed by atoms with Crippen molar-refractivity contribution in [3.63, 3.8) is 0 Å². The normalized spacial score (nSPS) is 18.2. The van der Waals surface area contributed by atoms with Crippen LogP contribution in [0.4, 0.5) is 0 Å². The summed E-state index contributed by atoms with van der Waals surface area (Å²) < 4.78 is 1.90. The molecule has 1 amide bonds. The van der Waals surface area contributed by atoms with E-state index in [1.165, 1.54) is 11.8 Å². The third-order valence-corrected chi connectivity index (χ3v) is 5.93. The molecule has 1 aliphatic rings. The Bertz CT molecular complexity index is 928. The van der Waals surface area contributed by atoms with Gasteiger partial charge in [-0.3, -0.25) is 4.79 Å². The molecule has 7 heteroatoms. The van der Waals surface area contributed by atoms with Crippen LogP contribution < -0.4 is 10.7 Å². The Balaban J connectivity index is 1.67. The maximum atomic E-state index is 12.9. The van der Waals surface area contributed by atoms with Gasteiger partial charge in [0.25, 0.3) is 0 Å². The highest BCUT2D eigenvalue weighted by atomic mass is 32.2. The van der Waals surface area contributed by atoms with E-state index in [-0.39, 0.29) is 17.2 Å². The van der Waals surface area contributed by atoms with Crippen molar-refractivity contribution < 1.29 is 4.79 Å². The number of rotatable bonds is 6. The lowest BCUT2D eigenvalue weighted by Gasteiger charge is -2.33. The number of benzene rings is 2. The lowest BCUT2D eigenvalue weighted by molar-refractivity contribution is -0.120. The number of fused-ring (bicyclic) bond motifs is 1. The van der Waals surface area contributed by atoms with E-state index in [0.717, 1.165) is 29.8 Å². The zero-order valence-electron chi connectivity index (χ0n) is 15.7. The monoisotopic (exact) mass is 393 g/mol. The molecule has 0 spiro atoms. The Kier molecular flexibility index (Phi) is 5.62. The molecule has 3 aromatic rings. The van der Waals surface area contributed by atoms with E-state index in [1.54, 1.807) is 0 Å². The predicted molar refractivity (Wildman–Crippen MR) is 112 cm³/mol. The number of aromatic nitrogens is 3. The minimum atomic E-state index is -0.320. The third kappa shape index (κ3) is 3.75. The summed E-state index contributed by atoms with van der Waals surface area (Å²) in [4.78, 5) is 12.9. The second-order valence-electron chi connectivity index (χ2n) is 6.71. The van der Waals surface area contributed by atoms with Gasteiger partial charge in [-0.05, 0) is 12.0 Å². The first-order valence-corrected chi connectivity index (χ1v) is 10.4. The van der Waals surface area contributed by atoms with Crippen LogP contribution in [0.1, 0.15) is 31.4 Å². The second kappa shape index (κ2) is 8.48. The van der Waals surface area contributed by atoms with Crippen molar-refractivity contribution in [1.29, 1.82) is 0 Å². The molecular formula is C21H23N5OS. The standard InChI is InChI=1S/C21H23N5OS/c1-2-3-14-22-20(27)18-17(15-10-6-4-7-11-15)25-26-19(23-24-21(26)28-18)16-12-8-5-9-13-16/h4-13,17-18,25H,2-3,14H2,1H3,(H,22,27)/t17-,18-/m0/s1. The third-order valence-electron chi connectivity index (χ3n) is 4.72. The van der Waals surface area contributed by atoms with Gasteiger partial charge in [0, 0.05) is 12.1 Å². The minimum Gasteiger partial charge on any atom is -0.355 e. The first kappa shape index (κ1) is 18.6. The average Bonchev–Trinajstić information content (AvgIpc) is 3.17. The van der Waals surface area contributed by atoms with Crippen molar-refractivity contribution in [2.45, 2.75) is 36.2 Å². The predicted octanol–water partition coefficient (Wildman–Crippen LogP) is 3.62. The van der Waals surface area contributed by atoms with Gasteiger partial charge >= 0.3 is 0 Å². The van der Waals surface area contributed by atoms with E-state index in [0.29, 0.717) is 11.7 Å². The van der Waals surface area contributed by atoms with Gasteiger partial charge in [-0.25, -0.2) is 4.68 Å². The molecule has 0 unspecified atom stereocenters. The first-order chi connectivity index (χ1) is 13.8. The van der Waals surface area contributed by atoms with Crippen molar-refractivity contribution in [2.75, 3.05) is 12.0 Å². The molecular weight excluding hydrogens is 370 g/mol. The number of thioether (sulfide) groups is 1. The minimum absolute atomic E-state index is 0.0234. The SMILES string of the molecule is CCCCNC(=O)[C@H]1Sc2nnc(-c3ccccc3)n2N[C@H]1c1ccccc1. The van der Waals surface area contributed by atoms with E-state index in [1.807, 2.05) is 65.3 Å². The summed E-state index contributed by atoms with van der Waals surface area (Å²) in [6.45, 7) is 2.80. The van der Waals surface area contributed by atoms with Crippen molar-refractivity contribution in [3.8, 4) is 11.4 Å². The number of carbonyl (C=O) groups excluding carboxylic acids is 1. The maximum absolute atomic E-state index is 12.9. The fourth-order valence-corrected chi connectivity index (χ4v) is 4.33. The highest BCUT2D eigenvalue weighted by Gasteiger charge is 2.37. The molecule has 144 valence electrons. The van der Waals surface area contributed by atoms with E-state index < -0.39 is 0 Å². The van der Waals surface area contributed by atoms with Crippen molar-refractivity contribution >= 4 is 17.7 Å². The molecule has 1 aliphatic heterocycles. The number of hydrogen-bond donors (Lipinski definition) is 2. The van der Waals surface area contributed by atoms with E-state index in [2.05, 4.69) is 27.9 Å². The summed E-state index contributed by atoms with van der Waals surface area (Å²) in [5.74, 6) is 0.768. The molecule has 28 heavy (non-hydrogen) atoms. The summed E-state index contributed by atoms with van der Waals surface area (Å²) in [5, 5.41) is 12.1. The van der Waals surface area contributed by atoms with Crippen molar-refractivity contribution in [1.82, 2.24) is 20.2 Å². The number of amides is 1. The molecule has 0 fully saturated rings. The quantitative estimate of drug-likeness (QED) is 0.626. The number of carbonyl (C=O) groups is 1. The molecule has 0 bridgehead atoms. The second-order valence-corrected chi connectivity index (χ2v) is 7.82. The summed E-state index contributed by atoms with van der Waals surface area (Å²) in [6, 6.07) is 19.8. The number of nitrogens with zero attached hydrogens (tertiary/aromatic N) is 3. The Morgan fingerprint density at radius 1 is 1.11 bits per heavy atom. The first-order valence-electron chi connectivity index (χ1n) is 9.54. The van der Waals surface area contributed by atoms with Gasteiger partial charge in [-0.15, -0.1) is 10.2 Å². The fraction of sp³-hybridized carbons (Fsp3) is 0.286. The van der Waals surface area contributed by atoms with E-state index >= 15 is 0 Å². The summed E-state index contributed by atoms with van der Waals surface area (Å²) in [6.07, 6.45) is 2.02. The molecule has 2 N–H and O–H groups in total. The number of unbranched alkanes of at least 4 members (excludes halogenated alkanes) is 1. The highest BCUT2D eigenvalue weighted by molar-refractivity contribution is 8.00. The fourth-order valence-electron chi connectivity index (χ4n) is 3.23. The summed E-state index contributed by atoms with van der Waals surface area (Å²) in [7, 11) is 0. The molecule has 0 aliphatic carbocycles. The van der Waals surface area contributed by atoms with E-state index in [9.17, 15) is 4.79 Å². The Hall–Kier alpha value is -2.80. The summed E-state index contributed by atoms with van der Waals surface area (Å²) >= 11 is 1.46. The zero-order valence-corrected chi connectivity index (χ0v) is 16.5. The molecule has 2 atom stereocenters. The molecule has 1 aromatic heterocycles. The Labute approximate surface area is 168 Å². The lowest BCUT2D eigenvalue weighted by atomic mass is 10.0. The molecule has 4 rings (SSSR count). The van der Waals surface area contributed by atoms with Crippen molar-refractivity contribution in [2.24, 2.45) is 0 Å². The molecule has 6 nitrogen and oxygen atoms in total. The highest BCUT2D eigenvalue weighted by Crippen LogP contribution is 2.38. The van der Waals surface area contributed by atoms with Crippen molar-refractivity contribution in [3.05, 3.63) is 66.2 Å². The van der Waals surface area contributed by atoms with Crippen LogP contribution in [-0.2, 0) is 4.79 Å². The smallest absolute Gasteiger partial charge is 0.236 e. The number of hydrogen-bond acceptors (Lipinski definition) is 5. The molecule has 0 saturated heterocycles. The van der Waals surface area contributed by atoms with Crippen LogP contribution in [0.5, 0.6) is 0 Å². The average molecular weight is 394 g/mol. The van der Waals surface area contributed by atoms with Crippen LogP contribution in [0.2, 0.25) is 0 Å². The van der Waals surface area contributed by atoms with Gasteiger partial charge in [0.05, 0.1) is 6.04 Å². The zero-order chi connectivity index (χ0) is 19.3. The Morgan fingerprint density at radius 3 is 2.54 bits per heavy atom. The van der Waals surface area contributed by atoms with Gasteiger partial charge in [0.15, 0.2) is 5.82 Å². The van der Waals surface area contributed by atoms with Crippen LogP contribution in [0.25, 0.3) is 11.4 Å². The largest absolute Gasteiger partial charge is 0.355 e. The van der Waals surface area contributed by atoms with Gasteiger partial charge in [-0.2, -0.15) is 0 Å². The molecule has 0 radical (unpaired) electrons. The van der Waals surface area contributed by atoms with Gasteiger partial charge in [0.1, 0.15) is 5.25 Å². The molecule has 2 heterocycles. The van der Waals surface area contributed by atoms with Crippen LogP contribution in [0.3, 0.4) is 0 Å². The van der Waals surface area contributed by atoms with Gasteiger partial charge in [-0.1, -0.05) is 85.8 Å².